The van der Waals surface area contributed by atoms with Crippen molar-refractivity contribution in [3.8, 4) is 0 Å². The molecule has 1 aromatic carbocycles. The highest BCUT2D eigenvalue weighted by Gasteiger charge is 2.24. The third-order valence-corrected chi connectivity index (χ3v) is 5.63. The number of rotatable bonds is 5. The SMILES string of the molecule is CNC(CSc1ccc(Cl)cc1)C1CCC(C)CC1. The van der Waals surface area contributed by atoms with Crippen molar-refractivity contribution >= 4 is 23.4 Å². The standard InChI is InChI=1S/C16H24ClNS/c1-12-3-5-13(6-4-12)16(18-2)11-19-15-9-7-14(17)8-10-15/h7-10,12-13,16,18H,3-6,11H2,1-2H3. The predicted molar refractivity (Wildman–Crippen MR) is 86.1 cm³/mol. The van der Waals surface area contributed by atoms with Crippen molar-refractivity contribution in [2.24, 2.45) is 11.8 Å². The second-order valence-corrected chi connectivity index (χ2v) is 7.21. The van der Waals surface area contributed by atoms with E-state index >= 15 is 0 Å². The largest absolute Gasteiger partial charge is 0.316 e. The van der Waals surface area contributed by atoms with Crippen LogP contribution >= 0.6 is 23.4 Å². The molecule has 0 heterocycles. The summed E-state index contributed by atoms with van der Waals surface area (Å²) in [6.07, 6.45) is 5.56. The molecule has 0 spiro atoms. The molecule has 3 heteroatoms. The summed E-state index contributed by atoms with van der Waals surface area (Å²) in [7, 11) is 2.10. The molecule has 0 amide bonds. The van der Waals surface area contributed by atoms with E-state index in [4.69, 9.17) is 11.6 Å². The fourth-order valence-corrected chi connectivity index (χ4v) is 4.13. The minimum absolute atomic E-state index is 0.633. The maximum Gasteiger partial charge on any atom is 0.0406 e. The van der Waals surface area contributed by atoms with Gasteiger partial charge >= 0.3 is 0 Å². The lowest BCUT2D eigenvalue weighted by Gasteiger charge is -2.32. The fourth-order valence-electron chi connectivity index (χ4n) is 2.86. The molecule has 0 radical (unpaired) electrons. The van der Waals surface area contributed by atoms with Gasteiger partial charge in [-0.25, -0.2) is 0 Å². The normalized spacial score (nSPS) is 25.2. The summed E-state index contributed by atoms with van der Waals surface area (Å²) in [5.41, 5.74) is 0. The average molecular weight is 298 g/mol. The van der Waals surface area contributed by atoms with Crippen LogP contribution in [0.15, 0.2) is 29.2 Å². The van der Waals surface area contributed by atoms with E-state index < -0.39 is 0 Å². The smallest absolute Gasteiger partial charge is 0.0406 e. The first-order valence-electron chi connectivity index (χ1n) is 7.24. The van der Waals surface area contributed by atoms with Crippen LogP contribution in [0.2, 0.25) is 5.02 Å². The summed E-state index contributed by atoms with van der Waals surface area (Å²) in [5.74, 6) is 2.93. The Morgan fingerprint density at radius 1 is 1.21 bits per heavy atom. The Hall–Kier alpha value is -0.180. The van der Waals surface area contributed by atoms with E-state index in [1.807, 2.05) is 23.9 Å². The monoisotopic (exact) mass is 297 g/mol. The first kappa shape index (κ1) is 15.2. The van der Waals surface area contributed by atoms with E-state index in [0.29, 0.717) is 6.04 Å². The van der Waals surface area contributed by atoms with Crippen molar-refractivity contribution in [3.05, 3.63) is 29.3 Å². The van der Waals surface area contributed by atoms with Crippen molar-refractivity contribution in [1.82, 2.24) is 5.32 Å². The molecule has 0 bridgehead atoms. The topological polar surface area (TPSA) is 12.0 Å². The lowest BCUT2D eigenvalue weighted by atomic mass is 9.80. The highest BCUT2D eigenvalue weighted by Crippen LogP contribution is 2.32. The average Bonchev–Trinajstić information content (AvgIpc) is 2.43. The first-order valence-corrected chi connectivity index (χ1v) is 8.61. The summed E-state index contributed by atoms with van der Waals surface area (Å²) in [4.78, 5) is 1.31. The van der Waals surface area contributed by atoms with Crippen LogP contribution in [0, 0.1) is 11.8 Å². The number of hydrogen-bond donors (Lipinski definition) is 1. The third kappa shape index (κ3) is 4.70. The van der Waals surface area contributed by atoms with Crippen LogP contribution in [0.5, 0.6) is 0 Å². The molecule has 0 aliphatic heterocycles. The Kier molecular flexibility index (Phi) is 6.06. The van der Waals surface area contributed by atoms with Gasteiger partial charge in [-0.3, -0.25) is 0 Å². The van der Waals surface area contributed by atoms with Crippen molar-refractivity contribution in [1.29, 1.82) is 0 Å². The van der Waals surface area contributed by atoms with Crippen LogP contribution in [0.3, 0.4) is 0 Å². The van der Waals surface area contributed by atoms with Gasteiger partial charge < -0.3 is 5.32 Å². The molecule has 106 valence electrons. The fraction of sp³-hybridized carbons (Fsp3) is 0.625. The summed E-state index contributed by atoms with van der Waals surface area (Å²) >= 11 is 7.85. The van der Waals surface area contributed by atoms with E-state index in [9.17, 15) is 0 Å². The van der Waals surface area contributed by atoms with Crippen LogP contribution in [0.4, 0.5) is 0 Å². The molecular weight excluding hydrogens is 274 g/mol. The molecule has 1 N–H and O–H groups in total. The van der Waals surface area contributed by atoms with Gasteiger partial charge in [0.2, 0.25) is 0 Å². The Labute approximate surface area is 126 Å². The van der Waals surface area contributed by atoms with Gasteiger partial charge in [0.25, 0.3) is 0 Å². The van der Waals surface area contributed by atoms with E-state index in [1.165, 1.54) is 30.6 Å². The second kappa shape index (κ2) is 7.56. The molecule has 1 saturated carbocycles. The molecule has 1 nitrogen and oxygen atoms in total. The molecule has 0 aromatic heterocycles. The Balaban J connectivity index is 1.83. The zero-order valence-corrected chi connectivity index (χ0v) is 13.4. The van der Waals surface area contributed by atoms with E-state index in [1.54, 1.807) is 0 Å². The van der Waals surface area contributed by atoms with Crippen LogP contribution in [0.25, 0.3) is 0 Å². The summed E-state index contributed by atoms with van der Waals surface area (Å²) < 4.78 is 0. The maximum absolute atomic E-state index is 5.92. The summed E-state index contributed by atoms with van der Waals surface area (Å²) in [5, 5.41) is 4.34. The van der Waals surface area contributed by atoms with E-state index in [-0.39, 0.29) is 0 Å². The van der Waals surface area contributed by atoms with Gasteiger partial charge in [-0.05, 0) is 56.0 Å². The second-order valence-electron chi connectivity index (χ2n) is 5.68. The maximum atomic E-state index is 5.92. The molecule has 0 saturated heterocycles. The summed E-state index contributed by atoms with van der Waals surface area (Å²) in [6, 6.07) is 8.81. The number of benzene rings is 1. The Morgan fingerprint density at radius 3 is 2.42 bits per heavy atom. The zero-order valence-electron chi connectivity index (χ0n) is 11.9. The minimum atomic E-state index is 0.633. The molecule has 1 atom stereocenters. The zero-order chi connectivity index (χ0) is 13.7. The quantitative estimate of drug-likeness (QED) is 0.780. The minimum Gasteiger partial charge on any atom is -0.316 e. The van der Waals surface area contributed by atoms with Gasteiger partial charge in [0.1, 0.15) is 0 Å². The van der Waals surface area contributed by atoms with E-state index in [0.717, 1.165) is 22.6 Å². The predicted octanol–water partition coefficient (Wildman–Crippen LogP) is 4.85. The number of halogens is 1. The molecule has 1 aliphatic rings. The molecule has 1 unspecified atom stereocenters. The molecule has 1 aliphatic carbocycles. The molecule has 1 aromatic rings. The first-order chi connectivity index (χ1) is 9.19. The molecule has 19 heavy (non-hydrogen) atoms. The van der Waals surface area contributed by atoms with Gasteiger partial charge in [0.05, 0.1) is 0 Å². The van der Waals surface area contributed by atoms with Gasteiger partial charge in [-0.2, -0.15) is 0 Å². The van der Waals surface area contributed by atoms with Gasteiger partial charge in [-0.1, -0.05) is 31.4 Å². The highest BCUT2D eigenvalue weighted by atomic mass is 35.5. The number of hydrogen-bond acceptors (Lipinski definition) is 2. The molecule has 1 fully saturated rings. The van der Waals surface area contributed by atoms with Crippen molar-refractivity contribution in [3.63, 3.8) is 0 Å². The van der Waals surface area contributed by atoms with Gasteiger partial charge in [0.15, 0.2) is 0 Å². The molecular formula is C16H24ClNS. The molecule has 2 rings (SSSR count). The van der Waals surface area contributed by atoms with Crippen molar-refractivity contribution in [2.45, 2.75) is 43.5 Å². The highest BCUT2D eigenvalue weighted by molar-refractivity contribution is 7.99. The Morgan fingerprint density at radius 2 is 1.84 bits per heavy atom. The number of thioether (sulfide) groups is 1. The van der Waals surface area contributed by atoms with Gasteiger partial charge in [-0.15, -0.1) is 11.8 Å². The lowest BCUT2D eigenvalue weighted by Crippen LogP contribution is -2.37. The third-order valence-electron chi connectivity index (χ3n) is 4.24. The van der Waals surface area contributed by atoms with Crippen molar-refractivity contribution < 1.29 is 0 Å². The lowest BCUT2D eigenvalue weighted by molar-refractivity contribution is 0.248. The Bertz CT molecular complexity index is 371. The number of nitrogens with one attached hydrogen (secondary N) is 1. The van der Waals surface area contributed by atoms with Crippen LogP contribution in [-0.4, -0.2) is 18.8 Å². The van der Waals surface area contributed by atoms with E-state index in [2.05, 4.69) is 31.4 Å². The van der Waals surface area contributed by atoms with Crippen LogP contribution < -0.4 is 5.32 Å². The summed E-state index contributed by atoms with van der Waals surface area (Å²) in [6.45, 7) is 2.38. The van der Waals surface area contributed by atoms with Crippen molar-refractivity contribution in [2.75, 3.05) is 12.8 Å². The van der Waals surface area contributed by atoms with Crippen LogP contribution in [0.1, 0.15) is 32.6 Å². The van der Waals surface area contributed by atoms with Crippen LogP contribution in [-0.2, 0) is 0 Å². The van der Waals surface area contributed by atoms with Gasteiger partial charge in [0, 0.05) is 21.7 Å².